The molecule has 0 spiro atoms. The second kappa shape index (κ2) is 8.85. The molecule has 3 atom stereocenters. The molecule has 0 radical (unpaired) electrons. The van der Waals surface area contributed by atoms with Crippen LogP contribution in [-0.2, 0) is 13.0 Å². The number of benzene rings is 1. The van der Waals surface area contributed by atoms with Crippen LogP contribution in [0.5, 0.6) is 0 Å². The van der Waals surface area contributed by atoms with Gasteiger partial charge in [-0.05, 0) is 55.6 Å². The molecule has 1 aliphatic heterocycles. The Bertz CT molecular complexity index is 1150. The summed E-state index contributed by atoms with van der Waals surface area (Å²) in [5.74, 6) is 2.03. The van der Waals surface area contributed by atoms with E-state index < -0.39 is 0 Å². The van der Waals surface area contributed by atoms with Crippen molar-refractivity contribution in [2.24, 2.45) is 11.8 Å². The number of aromatic amines is 1. The number of H-pyrrole nitrogens is 1. The summed E-state index contributed by atoms with van der Waals surface area (Å²) >= 11 is 0. The Morgan fingerprint density at radius 1 is 1.03 bits per heavy atom. The molecule has 2 aromatic heterocycles. The Labute approximate surface area is 196 Å². The molecule has 2 unspecified atom stereocenters. The normalized spacial score (nSPS) is 25.9. The van der Waals surface area contributed by atoms with E-state index >= 15 is 0 Å². The molecular weight excluding hydrogens is 408 g/mol. The van der Waals surface area contributed by atoms with Crippen molar-refractivity contribution in [3.63, 3.8) is 0 Å². The van der Waals surface area contributed by atoms with Crippen molar-refractivity contribution in [3.05, 3.63) is 47.4 Å². The van der Waals surface area contributed by atoms with Gasteiger partial charge in [0.2, 0.25) is 0 Å². The van der Waals surface area contributed by atoms with Gasteiger partial charge in [0, 0.05) is 41.8 Å². The summed E-state index contributed by atoms with van der Waals surface area (Å²) in [5, 5.41) is 20.3. The number of nitrogens with one attached hydrogen (secondary N) is 1. The number of nitriles is 1. The van der Waals surface area contributed by atoms with Gasteiger partial charge in [-0.15, -0.1) is 5.10 Å². The maximum atomic E-state index is 10.0. The Hall–Kier alpha value is -2.81. The van der Waals surface area contributed by atoms with Crippen LogP contribution in [0.1, 0.15) is 86.7 Å². The minimum absolute atomic E-state index is 0.154. The van der Waals surface area contributed by atoms with Crippen LogP contribution in [0.2, 0.25) is 0 Å². The molecule has 0 bridgehead atoms. The molecule has 0 amide bonds. The largest absolute Gasteiger partial charge is 0.356 e. The summed E-state index contributed by atoms with van der Waals surface area (Å²) in [5.41, 5.74) is 4.94. The van der Waals surface area contributed by atoms with Crippen LogP contribution in [0.15, 0.2) is 30.5 Å². The van der Waals surface area contributed by atoms with Crippen molar-refractivity contribution in [1.82, 2.24) is 24.9 Å². The van der Waals surface area contributed by atoms with Crippen molar-refractivity contribution in [2.75, 3.05) is 6.54 Å². The van der Waals surface area contributed by atoms with Gasteiger partial charge in [-0.2, -0.15) is 5.26 Å². The number of likely N-dealkylation sites (tertiary alicyclic amines) is 1. The number of hydrogen-bond donors (Lipinski definition) is 1. The number of para-hydroxylation sites is 1. The van der Waals surface area contributed by atoms with Crippen LogP contribution >= 0.6 is 0 Å². The summed E-state index contributed by atoms with van der Waals surface area (Å²) in [6, 6.07) is 8.76. The van der Waals surface area contributed by atoms with Crippen molar-refractivity contribution >= 4 is 10.9 Å². The lowest BCUT2D eigenvalue weighted by atomic mass is 9.72. The third-order valence-corrected chi connectivity index (χ3v) is 8.63. The minimum Gasteiger partial charge on any atom is -0.356 e. The van der Waals surface area contributed by atoms with Crippen LogP contribution in [0.25, 0.3) is 10.9 Å². The zero-order chi connectivity index (χ0) is 22.2. The van der Waals surface area contributed by atoms with Gasteiger partial charge in [0.1, 0.15) is 0 Å². The lowest BCUT2D eigenvalue weighted by Gasteiger charge is -2.44. The first-order valence-corrected chi connectivity index (χ1v) is 13.0. The van der Waals surface area contributed by atoms with Crippen LogP contribution in [-0.4, -0.2) is 31.4 Å². The van der Waals surface area contributed by atoms with E-state index in [1.165, 1.54) is 73.5 Å². The SMILES string of the molecule is N#CN1C[C@@H]2CCCCC2CC1c1[nH]c2ccccc2c1CCn1cc(C2CCCC2)nn1. The Kier molecular flexibility index (Phi) is 5.57. The molecule has 3 aromatic rings. The molecule has 172 valence electrons. The second-order valence-electron chi connectivity index (χ2n) is 10.5. The smallest absolute Gasteiger partial charge is 0.179 e. The third kappa shape index (κ3) is 3.92. The van der Waals surface area contributed by atoms with E-state index in [9.17, 15) is 5.26 Å². The van der Waals surface area contributed by atoms with E-state index in [1.54, 1.807) is 0 Å². The molecule has 3 aliphatic rings. The van der Waals surface area contributed by atoms with E-state index in [0.717, 1.165) is 37.5 Å². The summed E-state index contributed by atoms with van der Waals surface area (Å²) in [7, 11) is 0. The Morgan fingerprint density at radius 3 is 2.67 bits per heavy atom. The first-order chi connectivity index (χ1) is 16.3. The highest BCUT2D eigenvalue weighted by Gasteiger charge is 2.38. The molecular formula is C27H34N6. The van der Waals surface area contributed by atoms with Crippen molar-refractivity contribution < 1.29 is 0 Å². The number of nitrogens with zero attached hydrogens (tertiary/aromatic N) is 5. The highest BCUT2D eigenvalue weighted by molar-refractivity contribution is 5.84. The molecule has 2 aliphatic carbocycles. The topological polar surface area (TPSA) is 73.5 Å². The summed E-state index contributed by atoms with van der Waals surface area (Å²) in [4.78, 5) is 5.81. The van der Waals surface area contributed by atoms with Crippen molar-refractivity contribution in [3.8, 4) is 6.19 Å². The van der Waals surface area contributed by atoms with E-state index in [2.05, 4.69) is 56.9 Å². The van der Waals surface area contributed by atoms with Crippen molar-refractivity contribution in [1.29, 1.82) is 5.26 Å². The van der Waals surface area contributed by atoms with Crippen LogP contribution in [0, 0.1) is 23.3 Å². The van der Waals surface area contributed by atoms with Crippen LogP contribution < -0.4 is 0 Å². The fourth-order valence-corrected chi connectivity index (χ4v) is 6.85. The predicted octanol–water partition coefficient (Wildman–Crippen LogP) is 5.69. The van der Waals surface area contributed by atoms with Crippen LogP contribution in [0.4, 0.5) is 0 Å². The number of aryl methyl sites for hydroxylation is 2. The summed E-state index contributed by atoms with van der Waals surface area (Å²) in [6.07, 6.45) is 17.1. The van der Waals surface area contributed by atoms with Gasteiger partial charge in [0.05, 0.1) is 11.7 Å². The number of piperidine rings is 1. The van der Waals surface area contributed by atoms with Gasteiger partial charge < -0.3 is 9.88 Å². The molecule has 2 saturated carbocycles. The first kappa shape index (κ1) is 20.8. The molecule has 33 heavy (non-hydrogen) atoms. The molecule has 3 fully saturated rings. The van der Waals surface area contributed by atoms with Gasteiger partial charge >= 0.3 is 0 Å². The zero-order valence-corrected chi connectivity index (χ0v) is 19.4. The molecule has 3 heterocycles. The van der Waals surface area contributed by atoms with Gasteiger partial charge in [0.25, 0.3) is 0 Å². The maximum Gasteiger partial charge on any atom is 0.179 e. The van der Waals surface area contributed by atoms with Gasteiger partial charge in [-0.3, -0.25) is 4.68 Å². The molecule has 1 aromatic carbocycles. The quantitative estimate of drug-likeness (QED) is 0.515. The van der Waals surface area contributed by atoms with E-state index in [1.807, 2.05) is 4.68 Å². The van der Waals surface area contributed by atoms with Gasteiger partial charge in [0.15, 0.2) is 6.19 Å². The van der Waals surface area contributed by atoms with E-state index in [0.29, 0.717) is 11.8 Å². The van der Waals surface area contributed by atoms with Crippen molar-refractivity contribution in [2.45, 2.75) is 82.7 Å². The lowest BCUT2D eigenvalue weighted by Crippen LogP contribution is -2.41. The average Bonchev–Trinajstić information content (AvgIpc) is 3.61. The summed E-state index contributed by atoms with van der Waals surface area (Å²) < 4.78 is 2.03. The average molecular weight is 443 g/mol. The van der Waals surface area contributed by atoms with E-state index in [4.69, 9.17) is 0 Å². The molecule has 6 rings (SSSR count). The number of rotatable bonds is 5. The predicted molar refractivity (Wildman–Crippen MR) is 128 cm³/mol. The maximum absolute atomic E-state index is 10.0. The first-order valence-electron chi connectivity index (χ1n) is 13.0. The standard InChI is InChI=1S/C27H34N6/c28-18-32-16-21-10-4-3-9-20(21)15-26(32)27-23(22-11-5-6-12-24(22)29-27)13-14-33-17-25(30-31-33)19-7-1-2-8-19/h5-6,11-12,17,19-21,26,29H,1-4,7-10,13-16H2/t20?,21-,26?/m0/s1. The van der Waals surface area contributed by atoms with Gasteiger partial charge in [-0.25, -0.2) is 0 Å². The second-order valence-corrected chi connectivity index (χ2v) is 10.5. The minimum atomic E-state index is 0.154. The zero-order valence-electron chi connectivity index (χ0n) is 19.4. The number of aromatic nitrogens is 4. The lowest BCUT2D eigenvalue weighted by molar-refractivity contribution is 0.0746. The third-order valence-electron chi connectivity index (χ3n) is 8.63. The molecule has 6 nitrogen and oxygen atoms in total. The van der Waals surface area contributed by atoms with Crippen LogP contribution in [0.3, 0.4) is 0 Å². The highest BCUT2D eigenvalue weighted by atomic mass is 15.4. The molecule has 6 heteroatoms. The Morgan fingerprint density at radius 2 is 1.82 bits per heavy atom. The number of hydrogen-bond acceptors (Lipinski definition) is 4. The highest BCUT2D eigenvalue weighted by Crippen LogP contribution is 2.45. The monoisotopic (exact) mass is 442 g/mol. The summed E-state index contributed by atoms with van der Waals surface area (Å²) in [6.45, 7) is 1.73. The van der Waals surface area contributed by atoms with E-state index in [-0.39, 0.29) is 6.04 Å². The number of fused-ring (bicyclic) bond motifs is 2. The van der Waals surface area contributed by atoms with Gasteiger partial charge in [-0.1, -0.05) is 55.5 Å². The Balaban J connectivity index is 1.29. The fourth-order valence-electron chi connectivity index (χ4n) is 6.85. The fraction of sp³-hybridized carbons (Fsp3) is 0.593. The molecule has 1 N–H and O–H groups in total. The molecule has 1 saturated heterocycles.